The fraction of sp³-hybridized carbons (Fsp3) is 0.500. The van der Waals surface area contributed by atoms with Crippen molar-refractivity contribution in [2.24, 2.45) is 0 Å². The maximum Gasteiger partial charge on any atom is 0.356 e. The minimum atomic E-state index is -1.04. The summed E-state index contributed by atoms with van der Waals surface area (Å²) >= 11 is 0. The lowest BCUT2D eigenvalue weighted by molar-refractivity contribution is -0.165. The van der Waals surface area contributed by atoms with Gasteiger partial charge in [-0.3, -0.25) is 4.40 Å². The van der Waals surface area contributed by atoms with Crippen molar-refractivity contribution in [3.05, 3.63) is 29.7 Å². The van der Waals surface area contributed by atoms with Crippen molar-refractivity contribution in [3.63, 3.8) is 0 Å². The molecular weight excluding hydrogens is 300 g/mol. The van der Waals surface area contributed by atoms with Crippen LogP contribution in [0.1, 0.15) is 35.4 Å². The number of rotatable bonds is 6. The van der Waals surface area contributed by atoms with Crippen LogP contribution in [0.25, 0.3) is 5.65 Å². The van der Waals surface area contributed by atoms with Crippen molar-refractivity contribution >= 4 is 11.6 Å². The third-order valence-corrected chi connectivity index (χ3v) is 3.84. The van der Waals surface area contributed by atoms with E-state index in [9.17, 15) is 4.79 Å². The second-order valence-electron chi connectivity index (χ2n) is 5.46. The summed E-state index contributed by atoms with van der Waals surface area (Å²) in [4.78, 5) is 15.0. The van der Waals surface area contributed by atoms with E-state index in [0.29, 0.717) is 24.6 Å². The zero-order chi connectivity index (χ0) is 16.2. The number of hydrogen-bond acceptors (Lipinski definition) is 5. The second kappa shape index (κ2) is 6.97. The van der Waals surface area contributed by atoms with Crippen LogP contribution >= 0.6 is 0 Å². The Kier molecular flexibility index (Phi) is 4.78. The molecule has 0 amide bonds. The smallest absolute Gasteiger partial charge is 0.356 e. The SMILES string of the molecule is Cc1c(OCCOC2CCCCO2)ccc2nc(C(=O)O)cn12. The number of aromatic carboxylic acids is 1. The molecule has 0 bridgehead atoms. The minimum absolute atomic E-state index is 0.0167. The van der Waals surface area contributed by atoms with Gasteiger partial charge in [-0.1, -0.05) is 0 Å². The number of aryl methyl sites for hydroxylation is 1. The van der Waals surface area contributed by atoms with Crippen LogP contribution in [0, 0.1) is 6.92 Å². The Balaban J connectivity index is 1.59. The van der Waals surface area contributed by atoms with E-state index in [4.69, 9.17) is 19.3 Å². The van der Waals surface area contributed by atoms with Crippen LogP contribution in [0.2, 0.25) is 0 Å². The van der Waals surface area contributed by atoms with E-state index in [1.807, 2.05) is 6.92 Å². The number of hydrogen-bond donors (Lipinski definition) is 1. The lowest BCUT2D eigenvalue weighted by atomic mass is 10.2. The van der Waals surface area contributed by atoms with E-state index in [1.165, 1.54) is 6.20 Å². The van der Waals surface area contributed by atoms with Gasteiger partial charge >= 0.3 is 5.97 Å². The third-order valence-electron chi connectivity index (χ3n) is 3.84. The molecule has 1 saturated heterocycles. The highest BCUT2D eigenvalue weighted by Crippen LogP contribution is 2.20. The predicted octanol–water partition coefficient (Wildman–Crippen LogP) is 2.26. The molecule has 1 N–H and O–H groups in total. The van der Waals surface area contributed by atoms with Crippen LogP contribution in [0.5, 0.6) is 5.75 Å². The molecule has 0 aromatic carbocycles. The quantitative estimate of drug-likeness (QED) is 0.822. The van der Waals surface area contributed by atoms with Gasteiger partial charge in [0.1, 0.15) is 18.0 Å². The monoisotopic (exact) mass is 320 g/mol. The first-order chi connectivity index (χ1) is 11.1. The van der Waals surface area contributed by atoms with Crippen molar-refractivity contribution in [2.45, 2.75) is 32.5 Å². The minimum Gasteiger partial charge on any atom is -0.489 e. The van der Waals surface area contributed by atoms with Crippen molar-refractivity contribution in [1.29, 1.82) is 0 Å². The Hall–Kier alpha value is -2.12. The summed E-state index contributed by atoms with van der Waals surface area (Å²) in [6.07, 6.45) is 4.53. The Bertz CT molecular complexity index is 691. The number of carboxylic acids is 1. The summed E-state index contributed by atoms with van der Waals surface area (Å²) in [6.45, 7) is 3.48. The van der Waals surface area contributed by atoms with Crippen molar-refractivity contribution in [2.75, 3.05) is 19.8 Å². The van der Waals surface area contributed by atoms with E-state index in [-0.39, 0.29) is 12.0 Å². The number of pyridine rings is 1. The highest BCUT2D eigenvalue weighted by Gasteiger charge is 2.14. The molecule has 1 aliphatic rings. The fourth-order valence-electron chi connectivity index (χ4n) is 2.60. The average molecular weight is 320 g/mol. The van der Waals surface area contributed by atoms with Crippen molar-refractivity contribution < 1.29 is 24.1 Å². The van der Waals surface area contributed by atoms with Crippen LogP contribution < -0.4 is 4.74 Å². The summed E-state index contributed by atoms with van der Waals surface area (Å²) in [5.74, 6) is -0.364. The predicted molar refractivity (Wildman–Crippen MR) is 81.9 cm³/mol. The Morgan fingerprint density at radius 1 is 1.43 bits per heavy atom. The first kappa shape index (κ1) is 15.8. The lowest BCUT2D eigenvalue weighted by Gasteiger charge is -2.22. The number of fused-ring (bicyclic) bond motifs is 1. The fourth-order valence-corrected chi connectivity index (χ4v) is 2.60. The van der Waals surface area contributed by atoms with E-state index in [0.717, 1.165) is 31.6 Å². The maximum atomic E-state index is 11.0. The molecular formula is C16H20N2O5. The second-order valence-corrected chi connectivity index (χ2v) is 5.46. The van der Waals surface area contributed by atoms with Gasteiger partial charge in [0, 0.05) is 12.8 Å². The number of carboxylic acid groups (broad SMARTS) is 1. The third kappa shape index (κ3) is 3.62. The summed E-state index contributed by atoms with van der Waals surface area (Å²) in [7, 11) is 0. The Morgan fingerprint density at radius 3 is 3.04 bits per heavy atom. The van der Waals surface area contributed by atoms with Gasteiger partial charge in [-0.25, -0.2) is 9.78 Å². The van der Waals surface area contributed by atoms with Crippen LogP contribution in [0.3, 0.4) is 0 Å². The molecule has 1 fully saturated rings. The van der Waals surface area contributed by atoms with E-state index in [1.54, 1.807) is 16.5 Å². The largest absolute Gasteiger partial charge is 0.489 e. The van der Waals surface area contributed by atoms with E-state index in [2.05, 4.69) is 4.98 Å². The molecule has 0 saturated carbocycles. The number of imidazole rings is 1. The molecule has 7 nitrogen and oxygen atoms in total. The summed E-state index contributed by atoms with van der Waals surface area (Å²) in [6, 6.07) is 3.53. The van der Waals surface area contributed by atoms with Gasteiger partial charge in [0.05, 0.1) is 12.3 Å². The molecule has 0 aliphatic carbocycles. The Labute approximate surface area is 133 Å². The van der Waals surface area contributed by atoms with E-state index >= 15 is 0 Å². The molecule has 7 heteroatoms. The summed E-state index contributed by atoms with van der Waals surface area (Å²) in [5, 5.41) is 9.01. The molecule has 2 aromatic heterocycles. The normalized spacial score (nSPS) is 18.2. The van der Waals surface area contributed by atoms with Gasteiger partial charge < -0.3 is 19.3 Å². The molecule has 1 atom stereocenters. The average Bonchev–Trinajstić information content (AvgIpc) is 3.00. The van der Waals surface area contributed by atoms with Gasteiger partial charge in [0.2, 0.25) is 0 Å². The molecule has 2 aromatic rings. The number of aromatic nitrogens is 2. The molecule has 0 radical (unpaired) electrons. The van der Waals surface area contributed by atoms with Crippen molar-refractivity contribution in [1.82, 2.24) is 9.38 Å². The standard InChI is InChI=1S/C16H20N2O5/c1-11-13(21-8-9-23-15-4-2-3-7-22-15)5-6-14-17-12(16(19)20)10-18(11)14/h5-6,10,15H,2-4,7-9H2,1H3,(H,19,20). The topological polar surface area (TPSA) is 82.3 Å². The molecule has 1 unspecified atom stereocenters. The van der Waals surface area contributed by atoms with E-state index < -0.39 is 5.97 Å². The number of carbonyl (C=O) groups is 1. The molecule has 0 spiro atoms. The van der Waals surface area contributed by atoms with Crippen LogP contribution in [-0.4, -0.2) is 46.6 Å². The summed E-state index contributed by atoms with van der Waals surface area (Å²) in [5.41, 5.74) is 1.40. The highest BCUT2D eigenvalue weighted by molar-refractivity contribution is 5.86. The number of ether oxygens (including phenoxy) is 3. The van der Waals surface area contributed by atoms with Gasteiger partial charge in [-0.15, -0.1) is 0 Å². The number of nitrogens with zero attached hydrogens (tertiary/aromatic N) is 2. The highest BCUT2D eigenvalue weighted by atomic mass is 16.7. The van der Waals surface area contributed by atoms with Crippen LogP contribution in [0.4, 0.5) is 0 Å². The maximum absolute atomic E-state index is 11.0. The lowest BCUT2D eigenvalue weighted by Crippen LogP contribution is -2.24. The molecule has 3 rings (SSSR count). The summed E-state index contributed by atoms with van der Waals surface area (Å²) < 4.78 is 18.6. The molecule has 23 heavy (non-hydrogen) atoms. The molecule has 124 valence electrons. The first-order valence-corrected chi connectivity index (χ1v) is 7.73. The van der Waals surface area contributed by atoms with Crippen LogP contribution in [-0.2, 0) is 9.47 Å². The van der Waals surface area contributed by atoms with Gasteiger partial charge in [0.25, 0.3) is 0 Å². The molecule has 1 aliphatic heterocycles. The van der Waals surface area contributed by atoms with Gasteiger partial charge in [-0.2, -0.15) is 0 Å². The first-order valence-electron chi connectivity index (χ1n) is 7.73. The van der Waals surface area contributed by atoms with Gasteiger partial charge in [-0.05, 0) is 38.3 Å². The van der Waals surface area contributed by atoms with Gasteiger partial charge in [0.15, 0.2) is 12.0 Å². The zero-order valence-electron chi connectivity index (χ0n) is 13.0. The zero-order valence-corrected chi connectivity index (χ0v) is 13.0. The molecule has 3 heterocycles. The van der Waals surface area contributed by atoms with Crippen molar-refractivity contribution in [3.8, 4) is 5.75 Å². The Morgan fingerprint density at radius 2 is 2.30 bits per heavy atom. The van der Waals surface area contributed by atoms with Crippen LogP contribution in [0.15, 0.2) is 18.3 Å².